The summed E-state index contributed by atoms with van der Waals surface area (Å²) in [6.07, 6.45) is -24.9. The Bertz CT molecular complexity index is 358. The van der Waals surface area contributed by atoms with Crippen molar-refractivity contribution in [2.24, 2.45) is 0 Å². The first-order valence-corrected chi connectivity index (χ1v) is 3.78. The van der Waals surface area contributed by atoms with E-state index in [-0.39, 0.29) is 0 Å². The zero-order chi connectivity index (χ0) is 15.3. The molecule has 1 saturated heterocycles. The van der Waals surface area contributed by atoms with Crippen LogP contribution in [-0.4, -0.2) is 30.7 Å². The van der Waals surface area contributed by atoms with Crippen molar-refractivity contribution in [3.05, 3.63) is 0 Å². The highest BCUT2D eigenvalue weighted by molar-refractivity contribution is 4.78. The third-order valence-corrected chi connectivity index (χ3v) is 1.54. The Hall–Kier alpha value is -0.860. The van der Waals surface area contributed by atoms with Crippen molar-refractivity contribution in [2.45, 2.75) is 30.7 Å². The van der Waals surface area contributed by atoms with Crippen LogP contribution in [-0.2, 0) is 19.2 Å². The molecule has 0 aliphatic carbocycles. The molecule has 19 heavy (non-hydrogen) atoms. The lowest BCUT2D eigenvalue weighted by molar-refractivity contribution is -0.570. The van der Waals surface area contributed by atoms with Gasteiger partial charge in [0.1, 0.15) is 0 Å². The molecule has 0 saturated carbocycles. The summed E-state index contributed by atoms with van der Waals surface area (Å²) < 4.78 is 130. The smallest absolute Gasteiger partial charge is 0.244 e. The second kappa shape index (κ2) is 4.07. The van der Waals surface area contributed by atoms with Crippen LogP contribution >= 0.6 is 0 Å². The number of ether oxygens (including phenoxy) is 3. The predicted molar refractivity (Wildman–Crippen MR) is 29.1 cm³/mol. The number of halogens is 10. The highest BCUT2D eigenvalue weighted by Crippen LogP contribution is 2.52. The van der Waals surface area contributed by atoms with Crippen LogP contribution in [0.5, 0.6) is 0 Å². The van der Waals surface area contributed by atoms with E-state index in [2.05, 4.69) is 9.47 Å². The van der Waals surface area contributed by atoms with Crippen LogP contribution in [0.3, 0.4) is 0 Å². The Balaban J connectivity index is 3.31. The van der Waals surface area contributed by atoms with Gasteiger partial charge >= 0.3 is 30.7 Å². The summed E-state index contributed by atoms with van der Waals surface area (Å²) in [7, 11) is 0. The van der Waals surface area contributed by atoms with Crippen molar-refractivity contribution in [3.63, 3.8) is 0 Å². The zero-order valence-corrected chi connectivity index (χ0v) is 7.91. The lowest BCUT2D eigenvalue weighted by Gasteiger charge is -2.29. The monoisotopic (exact) mass is 314 g/mol. The molecular weight excluding hydrogens is 314 g/mol. The molecule has 4 nitrogen and oxygen atoms in total. The summed E-state index contributed by atoms with van der Waals surface area (Å²) in [5.74, 6) is 0. The number of alkyl halides is 9. The van der Waals surface area contributed by atoms with Gasteiger partial charge in [-0.2, -0.15) is 30.7 Å². The van der Waals surface area contributed by atoms with Crippen molar-refractivity contribution >= 4 is 0 Å². The quantitative estimate of drug-likeness (QED) is 0.735. The van der Waals surface area contributed by atoms with E-state index in [1.165, 1.54) is 4.94 Å². The van der Waals surface area contributed by atoms with Crippen molar-refractivity contribution in [1.82, 2.24) is 0 Å². The van der Waals surface area contributed by atoms with Crippen LogP contribution in [0, 0.1) is 0 Å². The molecule has 0 aromatic rings. The van der Waals surface area contributed by atoms with Crippen molar-refractivity contribution < 1.29 is 63.2 Å². The second-order valence-electron chi connectivity index (χ2n) is 2.93. The third-order valence-electron chi connectivity index (χ3n) is 1.54. The fraction of sp³-hybridized carbons (Fsp3) is 1.00. The molecule has 1 aliphatic rings. The van der Waals surface area contributed by atoms with Gasteiger partial charge in [-0.15, -0.1) is 13.7 Å². The SMILES string of the molecule is FOC(F)(F)C1(F)OC(F)(F)OC(F)(F)C(F)(F)O1. The molecule has 0 aromatic carbocycles. The van der Waals surface area contributed by atoms with Gasteiger partial charge in [0, 0.05) is 0 Å². The van der Waals surface area contributed by atoms with E-state index in [0.29, 0.717) is 0 Å². The highest BCUT2D eigenvalue weighted by Gasteiger charge is 2.79. The minimum Gasteiger partial charge on any atom is -0.244 e. The molecule has 0 aromatic heterocycles. The van der Waals surface area contributed by atoms with Crippen molar-refractivity contribution in [1.29, 1.82) is 0 Å². The fourth-order valence-corrected chi connectivity index (χ4v) is 0.792. The van der Waals surface area contributed by atoms with Gasteiger partial charge in [-0.1, -0.05) is 0 Å². The first-order valence-electron chi connectivity index (χ1n) is 3.78. The molecule has 1 unspecified atom stereocenters. The minimum atomic E-state index is -6.36. The zero-order valence-electron chi connectivity index (χ0n) is 7.91. The average molecular weight is 314 g/mol. The van der Waals surface area contributed by atoms with Gasteiger partial charge < -0.3 is 0 Å². The lowest BCUT2D eigenvalue weighted by Crippen LogP contribution is -2.55. The Labute approximate surface area is 95.2 Å². The molecule has 1 atom stereocenters. The molecule has 114 valence electrons. The lowest BCUT2D eigenvalue weighted by atomic mass is 10.5. The Morgan fingerprint density at radius 2 is 1.16 bits per heavy atom. The molecule has 0 bridgehead atoms. The maximum Gasteiger partial charge on any atom is 0.495 e. The van der Waals surface area contributed by atoms with E-state index in [9.17, 15) is 44.0 Å². The van der Waals surface area contributed by atoms with Gasteiger partial charge in [0.2, 0.25) is 0 Å². The minimum absolute atomic E-state index is 1.47. The molecule has 1 aliphatic heterocycles. The number of hydrogen-bond acceptors (Lipinski definition) is 4. The summed E-state index contributed by atoms with van der Waals surface area (Å²) in [5.41, 5.74) is 0. The molecule has 0 spiro atoms. The molecule has 1 rings (SSSR count). The standard InChI is InChI=1S/C5F10O4/c6-1(7)2(8,9)17-5(13,14)18-4(12,16-1)3(10,11)19-15. The molecule has 0 N–H and O–H groups in total. The van der Waals surface area contributed by atoms with Gasteiger partial charge in [-0.25, -0.2) is 14.2 Å². The molecule has 14 heteroatoms. The van der Waals surface area contributed by atoms with Gasteiger partial charge in [-0.3, -0.25) is 0 Å². The number of hydrogen-bond donors (Lipinski definition) is 0. The van der Waals surface area contributed by atoms with Gasteiger partial charge in [0.25, 0.3) is 0 Å². The first-order chi connectivity index (χ1) is 8.18. The molecule has 0 amide bonds. The number of rotatable bonds is 2. The van der Waals surface area contributed by atoms with Crippen molar-refractivity contribution in [3.8, 4) is 0 Å². The van der Waals surface area contributed by atoms with Gasteiger partial charge in [0.05, 0.1) is 0 Å². The maximum atomic E-state index is 13.0. The maximum absolute atomic E-state index is 13.0. The third kappa shape index (κ3) is 2.70. The summed E-state index contributed by atoms with van der Waals surface area (Å²) in [5, 5.41) is 0. The molecule has 1 heterocycles. The Kier molecular flexibility index (Phi) is 3.47. The van der Waals surface area contributed by atoms with E-state index in [1.54, 1.807) is 0 Å². The average Bonchev–Trinajstić information content (AvgIpc) is 2.16. The normalized spacial score (nSPS) is 33.8. The van der Waals surface area contributed by atoms with E-state index >= 15 is 0 Å². The van der Waals surface area contributed by atoms with E-state index in [4.69, 9.17) is 0 Å². The Morgan fingerprint density at radius 3 is 1.58 bits per heavy atom. The predicted octanol–water partition coefficient (Wildman–Crippen LogP) is 2.90. The van der Waals surface area contributed by atoms with E-state index in [1.807, 2.05) is 4.74 Å². The molecule has 1 fully saturated rings. The summed E-state index contributed by atoms with van der Waals surface area (Å²) in [6, 6.07) is -6.10. The summed E-state index contributed by atoms with van der Waals surface area (Å²) in [6.45, 7) is 0. The topological polar surface area (TPSA) is 36.9 Å². The molecule has 0 radical (unpaired) electrons. The van der Waals surface area contributed by atoms with Crippen LogP contribution in [0.4, 0.5) is 44.0 Å². The van der Waals surface area contributed by atoms with E-state index in [0.717, 1.165) is 0 Å². The first kappa shape index (κ1) is 16.2. The van der Waals surface area contributed by atoms with E-state index < -0.39 is 30.7 Å². The van der Waals surface area contributed by atoms with Crippen LogP contribution in [0.15, 0.2) is 0 Å². The van der Waals surface area contributed by atoms with Crippen LogP contribution in [0.1, 0.15) is 0 Å². The van der Waals surface area contributed by atoms with Crippen LogP contribution in [0.2, 0.25) is 0 Å². The Morgan fingerprint density at radius 1 is 0.737 bits per heavy atom. The molecular formula is C5F10O4. The summed E-state index contributed by atoms with van der Waals surface area (Å²) in [4.78, 5) is 1.47. The largest absolute Gasteiger partial charge is 0.495 e. The van der Waals surface area contributed by atoms with Gasteiger partial charge in [-0.05, 0) is 4.53 Å². The van der Waals surface area contributed by atoms with Crippen molar-refractivity contribution in [2.75, 3.05) is 0 Å². The second-order valence-corrected chi connectivity index (χ2v) is 2.93. The van der Waals surface area contributed by atoms with Gasteiger partial charge in [0.15, 0.2) is 0 Å². The fourth-order valence-electron chi connectivity index (χ4n) is 0.792. The summed E-state index contributed by atoms with van der Waals surface area (Å²) >= 11 is 0. The van der Waals surface area contributed by atoms with Crippen LogP contribution in [0.25, 0.3) is 0 Å². The van der Waals surface area contributed by atoms with Crippen LogP contribution < -0.4 is 0 Å². The highest BCUT2D eigenvalue weighted by atomic mass is 19.4.